The van der Waals surface area contributed by atoms with Gasteiger partial charge < -0.3 is 14.2 Å². The third-order valence-electron chi connectivity index (χ3n) is 6.57. The molecule has 280 valence electrons. The number of carbonyl (C=O) groups is 2. The van der Waals surface area contributed by atoms with E-state index in [0.29, 0.717) is 17.5 Å². The van der Waals surface area contributed by atoms with Gasteiger partial charge in [-0.15, -0.1) is 10.2 Å². The number of hydrogen-bond donors (Lipinski definition) is 2. The number of sulfonamides is 1. The predicted octanol–water partition coefficient (Wildman–Crippen LogP) is 7.81. The quantitative estimate of drug-likeness (QED) is 0.0933. The van der Waals surface area contributed by atoms with Crippen LogP contribution in [0.1, 0.15) is 51.0 Å². The van der Waals surface area contributed by atoms with Crippen LogP contribution >= 0.6 is 23.4 Å². The first kappa shape index (κ1) is 41.7. The zero-order valence-electron chi connectivity index (χ0n) is 28.1. The highest BCUT2D eigenvalue weighted by molar-refractivity contribution is 8.13. The molecule has 0 aliphatic carbocycles. The molecule has 2 N–H and O–H groups in total. The van der Waals surface area contributed by atoms with E-state index in [1.54, 1.807) is 0 Å². The molecule has 0 bridgehead atoms. The van der Waals surface area contributed by atoms with Crippen LogP contribution in [0.15, 0.2) is 65.8 Å². The van der Waals surface area contributed by atoms with Crippen LogP contribution in [-0.4, -0.2) is 64.9 Å². The number of benzene rings is 1. The minimum Gasteiger partial charge on any atom is -0.481 e. The normalized spacial score (nSPS) is 11.1. The van der Waals surface area contributed by atoms with Gasteiger partial charge in [0.25, 0.3) is 10.0 Å². The van der Waals surface area contributed by atoms with Crippen LogP contribution in [0.25, 0.3) is 11.3 Å². The van der Waals surface area contributed by atoms with Gasteiger partial charge in [0.2, 0.25) is 17.7 Å². The van der Waals surface area contributed by atoms with Gasteiger partial charge >= 0.3 is 17.5 Å². The summed E-state index contributed by atoms with van der Waals surface area (Å²) in [5.41, 5.74) is -0.182. The van der Waals surface area contributed by atoms with Crippen molar-refractivity contribution >= 4 is 50.7 Å². The topological polar surface area (TPSA) is 184 Å². The molecule has 0 radical (unpaired) electrons. The number of hydrogen-bond acceptors (Lipinski definition) is 13. The van der Waals surface area contributed by atoms with Gasteiger partial charge in [-0.25, -0.2) is 19.3 Å². The first-order valence-electron chi connectivity index (χ1n) is 15.5. The molecule has 0 aliphatic rings. The van der Waals surface area contributed by atoms with Gasteiger partial charge in [0.1, 0.15) is 5.69 Å². The van der Waals surface area contributed by atoms with Gasteiger partial charge in [0, 0.05) is 23.6 Å². The standard InChI is InChI=1S/C19H23ClN2O2S.C13H12F3N5O5S/c1-2-3-4-5-6-10-13-25-19(23)24-16-14-17(20)21-22-18(16)15-11-8-7-9-12-15;1-25-8-6-9(26-2)19-11(18-8)20-12(22)21-27(23,24)10-7(13(14,15)16)4-3-5-17-10/h7-9,11-12,14H,2-6,10,13H2,1H3;3-6H,1-2H3,(H2,18,19,20,21,22). The van der Waals surface area contributed by atoms with E-state index in [-0.39, 0.29) is 22.2 Å². The van der Waals surface area contributed by atoms with Crippen molar-refractivity contribution in [3.8, 4) is 28.8 Å². The fraction of sp³-hybridized carbons (Fsp3) is 0.344. The molecule has 0 fully saturated rings. The van der Waals surface area contributed by atoms with E-state index < -0.39 is 38.8 Å². The van der Waals surface area contributed by atoms with E-state index in [9.17, 15) is 31.2 Å². The van der Waals surface area contributed by atoms with Crippen molar-refractivity contribution in [1.29, 1.82) is 0 Å². The Morgan fingerprint density at radius 1 is 0.904 bits per heavy atom. The molecule has 52 heavy (non-hydrogen) atoms. The SMILES string of the molecule is CCCCCCCCSC(=O)Oc1cc(Cl)nnc1-c1ccccc1.COc1cc(OC)nc(NC(=O)NS(=O)(=O)c2ncccc2C(F)(F)F)n1. The average molecular weight is 786 g/mol. The maximum absolute atomic E-state index is 12.9. The Morgan fingerprint density at radius 3 is 2.19 bits per heavy atom. The minimum atomic E-state index is -4.99. The number of unbranched alkanes of at least 4 members (excludes halogenated alkanes) is 5. The fourth-order valence-electron chi connectivity index (χ4n) is 4.17. The molecule has 0 spiro atoms. The Morgan fingerprint density at radius 2 is 1.56 bits per heavy atom. The highest BCUT2D eigenvalue weighted by atomic mass is 35.5. The minimum absolute atomic E-state index is 0.0101. The summed E-state index contributed by atoms with van der Waals surface area (Å²) in [5, 5.41) is 8.39. The van der Waals surface area contributed by atoms with Crippen LogP contribution in [-0.2, 0) is 16.2 Å². The Balaban J connectivity index is 0.000000281. The van der Waals surface area contributed by atoms with Crippen LogP contribution in [0.3, 0.4) is 0 Å². The molecule has 3 heterocycles. The molecule has 1 aromatic carbocycles. The number of nitrogens with one attached hydrogen (secondary N) is 2. The number of methoxy groups -OCH3 is 2. The van der Waals surface area contributed by atoms with Crippen molar-refractivity contribution in [2.24, 2.45) is 0 Å². The van der Waals surface area contributed by atoms with Crippen LogP contribution in [0.4, 0.5) is 28.7 Å². The lowest BCUT2D eigenvalue weighted by Crippen LogP contribution is -2.36. The summed E-state index contributed by atoms with van der Waals surface area (Å²) in [6.07, 6.45) is 3.05. The zero-order chi connectivity index (χ0) is 38.1. The Hall–Kier alpha value is -4.75. The van der Waals surface area contributed by atoms with Gasteiger partial charge in [0.15, 0.2) is 15.9 Å². The highest BCUT2D eigenvalue weighted by Crippen LogP contribution is 2.33. The van der Waals surface area contributed by atoms with E-state index in [2.05, 4.69) is 32.1 Å². The number of urea groups is 1. The van der Waals surface area contributed by atoms with Crippen molar-refractivity contribution in [3.05, 3.63) is 71.5 Å². The van der Waals surface area contributed by atoms with Gasteiger partial charge in [-0.1, -0.05) is 81.0 Å². The van der Waals surface area contributed by atoms with Crippen LogP contribution in [0.5, 0.6) is 17.5 Å². The highest BCUT2D eigenvalue weighted by Gasteiger charge is 2.38. The number of rotatable bonds is 14. The van der Waals surface area contributed by atoms with E-state index in [1.165, 1.54) is 68.5 Å². The lowest BCUT2D eigenvalue weighted by atomic mass is 10.1. The zero-order valence-corrected chi connectivity index (χ0v) is 30.5. The number of ether oxygens (including phenoxy) is 3. The van der Waals surface area contributed by atoms with Gasteiger partial charge in [0.05, 0.1) is 25.8 Å². The Labute approximate surface area is 307 Å². The number of thioether (sulfide) groups is 1. The number of amides is 2. The molecule has 0 saturated carbocycles. The first-order chi connectivity index (χ1) is 24.8. The number of aromatic nitrogens is 5. The monoisotopic (exact) mass is 785 g/mol. The number of anilines is 1. The van der Waals surface area contributed by atoms with Crippen LogP contribution < -0.4 is 24.2 Å². The van der Waals surface area contributed by atoms with E-state index >= 15 is 0 Å². The van der Waals surface area contributed by atoms with Crippen LogP contribution in [0, 0.1) is 0 Å². The lowest BCUT2D eigenvalue weighted by molar-refractivity contribution is -0.140. The molecule has 14 nitrogen and oxygen atoms in total. The van der Waals surface area contributed by atoms with Crippen molar-refractivity contribution in [1.82, 2.24) is 29.9 Å². The summed E-state index contributed by atoms with van der Waals surface area (Å²) in [6, 6.07) is 12.3. The second kappa shape index (κ2) is 20.3. The molecule has 0 unspecified atom stereocenters. The average Bonchev–Trinajstić information content (AvgIpc) is 3.11. The maximum Gasteiger partial charge on any atom is 0.419 e. The van der Waals surface area contributed by atoms with Gasteiger partial charge in [-0.3, -0.25) is 5.32 Å². The third-order valence-corrected chi connectivity index (χ3v) is 8.85. The number of halogens is 4. The van der Waals surface area contributed by atoms with E-state index in [0.717, 1.165) is 36.4 Å². The van der Waals surface area contributed by atoms with Crippen molar-refractivity contribution < 1.29 is 45.4 Å². The molecule has 0 aliphatic heterocycles. The maximum atomic E-state index is 12.9. The van der Waals surface area contributed by atoms with Crippen molar-refractivity contribution in [2.75, 3.05) is 25.3 Å². The molecule has 0 saturated heterocycles. The number of carbonyl (C=O) groups excluding carboxylic acids is 2. The second-order valence-corrected chi connectivity index (χ2v) is 13.4. The van der Waals surface area contributed by atoms with Crippen molar-refractivity contribution in [3.63, 3.8) is 0 Å². The van der Waals surface area contributed by atoms with Gasteiger partial charge in [-0.05, 0) is 30.3 Å². The summed E-state index contributed by atoms with van der Waals surface area (Å²) in [6.45, 7) is 2.20. The molecule has 0 atom stereocenters. The van der Waals surface area contributed by atoms with E-state index in [4.69, 9.17) is 25.8 Å². The number of pyridine rings is 1. The summed E-state index contributed by atoms with van der Waals surface area (Å²) < 4.78 is 79.7. The summed E-state index contributed by atoms with van der Waals surface area (Å²) in [5.74, 6) is 0.675. The number of nitrogens with zero attached hydrogens (tertiary/aromatic N) is 5. The van der Waals surface area contributed by atoms with Gasteiger partial charge in [-0.2, -0.15) is 31.6 Å². The summed E-state index contributed by atoms with van der Waals surface area (Å²) in [4.78, 5) is 34.6. The molecule has 2 amide bonds. The summed E-state index contributed by atoms with van der Waals surface area (Å²) >= 11 is 7.10. The Kier molecular flexibility index (Phi) is 16.3. The Bertz CT molecular complexity index is 1870. The van der Waals surface area contributed by atoms with Crippen molar-refractivity contribution in [2.45, 2.75) is 56.7 Å². The number of alkyl halides is 3. The summed E-state index contributed by atoms with van der Waals surface area (Å²) in [7, 11) is -2.39. The third kappa shape index (κ3) is 13.4. The smallest absolute Gasteiger partial charge is 0.419 e. The molecule has 4 rings (SSSR count). The predicted molar refractivity (Wildman–Crippen MR) is 188 cm³/mol. The molecular weight excluding hydrogens is 751 g/mol. The van der Waals surface area contributed by atoms with E-state index in [1.807, 2.05) is 35.6 Å². The largest absolute Gasteiger partial charge is 0.481 e. The first-order valence-corrected chi connectivity index (χ1v) is 18.4. The molecule has 3 aromatic heterocycles. The fourth-order valence-corrected chi connectivity index (χ4v) is 6.04. The second-order valence-electron chi connectivity index (χ2n) is 10.4. The molecule has 20 heteroatoms. The lowest BCUT2D eigenvalue weighted by Gasteiger charge is -2.13. The molecule has 4 aromatic rings. The van der Waals surface area contributed by atoms with Crippen LogP contribution in [0.2, 0.25) is 5.15 Å². The molecular formula is C32H35ClF3N7O7S2.